The summed E-state index contributed by atoms with van der Waals surface area (Å²) in [6, 6.07) is 2.76. The van der Waals surface area contributed by atoms with E-state index in [-0.39, 0.29) is 12.4 Å². The number of nitrogens with two attached hydrogens (primary N) is 1. The number of phenols is 1. The molecule has 1 rings (SSSR count). The molecule has 0 fully saturated rings. The van der Waals surface area contributed by atoms with Crippen LogP contribution in [0.15, 0.2) is 12.1 Å². The lowest BCUT2D eigenvalue weighted by molar-refractivity contribution is 0.264. The highest BCUT2D eigenvalue weighted by atomic mass is 16.5. The van der Waals surface area contributed by atoms with E-state index in [2.05, 4.69) is 0 Å². The summed E-state index contributed by atoms with van der Waals surface area (Å²) in [5.74, 6) is 0.742. The second-order valence-corrected chi connectivity index (χ2v) is 3.17. The molecular weight excluding hydrogens is 182 g/mol. The molecule has 4 nitrogen and oxygen atoms in total. The highest BCUT2D eigenvalue weighted by Gasteiger charge is 2.13. The van der Waals surface area contributed by atoms with E-state index in [9.17, 15) is 5.11 Å². The Kier molecular flexibility index (Phi) is 3.33. The van der Waals surface area contributed by atoms with Crippen molar-refractivity contribution in [2.75, 3.05) is 13.7 Å². The number of aryl methyl sites for hydroxylation is 1. The number of ether oxygens (including phenoxy) is 1. The average Bonchev–Trinajstić information content (AvgIpc) is 2.20. The maximum absolute atomic E-state index is 9.67. The quantitative estimate of drug-likeness (QED) is 0.666. The number of aromatic hydroxyl groups is 1. The van der Waals surface area contributed by atoms with Gasteiger partial charge in [0.1, 0.15) is 11.5 Å². The van der Waals surface area contributed by atoms with Crippen molar-refractivity contribution >= 4 is 0 Å². The summed E-state index contributed by atoms with van der Waals surface area (Å²) in [5.41, 5.74) is 6.81. The van der Waals surface area contributed by atoms with Crippen molar-refractivity contribution in [1.82, 2.24) is 0 Å². The lowest BCUT2D eigenvalue weighted by atomic mass is 10.0. The standard InChI is InChI=1S/C10H15NO3/c1-6-3-7(14-2)4-8(10(6)13)9(11)5-12/h3-4,9,12-13H,5,11H2,1-2H3/t9-/m0/s1. The van der Waals surface area contributed by atoms with Gasteiger partial charge in [-0.3, -0.25) is 0 Å². The summed E-state index contributed by atoms with van der Waals surface area (Å²) in [6.45, 7) is 1.55. The minimum absolute atomic E-state index is 0.118. The zero-order valence-corrected chi connectivity index (χ0v) is 8.32. The topological polar surface area (TPSA) is 75.7 Å². The van der Waals surface area contributed by atoms with Crippen LogP contribution in [0.4, 0.5) is 0 Å². The minimum atomic E-state index is -0.580. The van der Waals surface area contributed by atoms with Crippen LogP contribution < -0.4 is 10.5 Å². The summed E-state index contributed by atoms with van der Waals surface area (Å²) < 4.78 is 5.04. The molecule has 1 aromatic rings. The molecule has 0 aliphatic heterocycles. The largest absolute Gasteiger partial charge is 0.507 e. The normalized spacial score (nSPS) is 12.6. The van der Waals surface area contributed by atoms with Crippen molar-refractivity contribution in [3.05, 3.63) is 23.3 Å². The van der Waals surface area contributed by atoms with Crippen LogP contribution in [0.2, 0.25) is 0 Å². The van der Waals surface area contributed by atoms with Crippen LogP contribution in [0, 0.1) is 6.92 Å². The second kappa shape index (κ2) is 4.30. The van der Waals surface area contributed by atoms with Gasteiger partial charge in [0, 0.05) is 5.56 Å². The first kappa shape index (κ1) is 10.8. The van der Waals surface area contributed by atoms with Crippen LogP contribution in [-0.4, -0.2) is 23.9 Å². The molecule has 14 heavy (non-hydrogen) atoms. The van der Waals surface area contributed by atoms with Gasteiger partial charge in [-0.2, -0.15) is 0 Å². The molecule has 0 aliphatic rings. The van der Waals surface area contributed by atoms with Crippen LogP contribution >= 0.6 is 0 Å². The molecule has 78 valence electrons. The van der Waals surface area contributed by atoms with Crippen molar-refractivity contribution < 1.29 is 14.9 Å². The number of benzene rings is 1. The van der Waals surface area contributed by atoms with Gasteiger partial charge in [-0.25, -0.2) is 0 Å². The maximum atomic E-state index is 9.67. The molecule has 0 heterocycles. The Morgan fingerprint density at radius 1 is 1.50 bits per heavy atom. The predicted molar refractivity (Wildman–Crippen MR) is 53.4 cm³/mol. The molecule has 4 heteroatoms. The molecule has 1 atom stereocenters. The van der Waals surface area contributed by atoms with Gasteiger partial charge >= 0.3 is 0 Å². The van der Waals surface area contributed by atoms with E-state index in [4.69, 9.17) is 15.6 Å². The Bertz CT molecular complexity index is 325. The van der Waals surface area contributed by atoms with Crippen LogP contribution in [0.1, 0.15) is 17.2 Å². The predicted octanol–water partition coefficient (Wildman–Crippen LogP) is 0.701. The maximum Gasteiger partial charge on any atom is 0.123 e. The SMILES string of the molecule is COc1cc(C)c(O)c([C@@H](N)CO)c1. The molecular formula is C10H15NO3. The fourth-order valence-electron chi connectivity index (χ4n) is 1.27. The molecule has 0 aromatic heterocycles. The molecule has 0 saturated carbocycles. The number of hydrogen-bond acceptors (Lipinski definition) is 4. The number of aliphatic hydroxyl groups is 1. The molecule has 0 radical (unpaired) electrons. The number of phenolic OH excluding ortho intramolecular Hbond substituents is 1. The molecule has 0 unspecified atom stereocenters. The van der Waals surface area contributed by atoms with Gasteiger partial charge in [-0.15, -0.1) is 0 Å². The lowest BCUT2D eigenvalue weighted by Crippen LogP contribution is -2.15. The molecule has 0 spiro atoms. The van der Waals surface area contributed by atoms with E-state index in [1.54, 1.807) is 26.2 Å². The summed E-state index contributed by atoms with van der Waals surface area (Å²) >= 11 is 0. The third-order valence-corrected chi connectivity index (χ3v) is 2.14. The van der Waals surface area contributed by atoms with Crippen LogP contribution in [-0.2, 0) is 0 Å². The van der Waals surface area contributed by atoms with Gasteiger partial charge in [0.05, 0.1) is 19.8 Å². The molecule has 0 saturated heterocycles. The first-order chi connectivity index (χ1) is 6.60. The van der Waals surface area contributed by atoms with Crippen molar-refractivity contribution in [2.24, 2.45) is 5.73 Å². The summed E-state index contributed by atoms with van der Waals surface area (Å²) in [5, 5.41) is 18.6. The smallest absolute Gasteiger partial charge is 0.123 e. The van der Waals surface area contributed by atoms with Gasteiger partial charge in [-0.1, -0.05) is 0 Å². The van der Waals surface area contributed by atoms with Gasteiger partial charge < -0.3 is 20.7 Å². The van der Waals surface area contributed by atoms with Gasteiger partial charge in [0.25, 0.3) is 0 Å². The van der Waals surface area contributed by atoms with Crippen molar-refractivity contribution in [2.45, 2.75) is 13.0 Å². The van der Waals surface area contributed by atoms with E-state index in [1.165, 1.54) is 0 Å². The number of rotatable bonds is 3. The minimum Gasteiger partial charge on any atom is -0.507 e. The van der Waals surface area contributed by atoms with E-state index in [1.807, 2.05) is 0 Å². The number of hydrogen-bond donors (Lipinski definition) is 3. The highest BCUT2D eigenvalue weighted by molar-refractivity contribution is 5.47. The number of methoxy groups -OCH3 is 1. The van der Waals surface area contributed by atoms with Crippen LogP contribution in [0.25, 0.3) is 0 Å². The van der Waals surface area contributed by atoms with Crippen molar-refractivity contribution in [3.63, 3.8) is 0 Å². The number of aliphatic hydroxyl groups excluding tert-OH is 1. The van der Waals surface area contributed by atoms with Crippen LogP contribution in [0.5, 0.6) is 11.5 Å². The molecule has 0 aliphatic carbocycles. The monoisotopic (exact) mass is 197 g/mol. The first-order valence-corrected chi connectivity index (χ1v) is 4.34. The second-order valence-electron chi connectivity index (χ2n) is 3.17. The third kappa shape index (κ3) is 1.97. The van der Waals surface area contributed by atoms with E-state index < -0.39 is 6.04 Å². The fraction of sp³-hybridized carbons (Fsp3) is 0.400. The lowest BCUT2D eigenvalue weighted by Gasteiger charge is -2.14. The Balaban J connectivity index is 3.20. The first-order valence-electron chi connectivity index (χ1n) is 4.34. The third-order valence-electron chi connectivity index (χ3n) is 2.14. The molecule has 0 bridgehead atoms. The average molecular weight is 197 g/mol. The van der Waals surface area contributed by atoms with Gasteiger partial charge in [0.2, 0.25) is 0 Å². The summed E-state index contributed by atoms with van der Waals surface area (Å²) in [4.78, 5) is 0. The molecule has 0 amide bonds. The Morgan fingerprint density at radius 3 is 2.64 bits per heavy atom. The summed E-state index contributed by atoms with van der Waals surface area (Å²) in [6.07, 6.45) is 0. The Hall–Kier alpha value is -1.26. The van der Waals surface area contributed by atoms with Crippen molar-refractivity contribution in [3.8, 4) is 11.5 Å². The molecule has 4 N–H and O–H groups in total. The fourth-order valence-corrected chi connectivity index (χ4v) is 1.27. The van der Waals surface area contributed by atoms with Crippen LogP contribution in [0.3, 0.4) is 0 Å². The Labute approximate surface area is 82.9 Å². The zero-order chi connectivity index (χ0) is 10.7. The highest BCUT2D eigenvalue weighted by Crippen LogP contribution is 2.30. The van der Waals surface area contributed by atoms with E-state index in [0.717, 1.165) is 0 Å². The van der Waals surface area contributed by atoms with Gasteiger partial charge in [-0.05, 0) is 24.6 Å². The van der Waals surface area contributed by atoms with E-state index in [0.29, 0.717) is 16.9 Å². The van der Waals surface area contributed by atoms with E-state index >= 15 is 0 Å². The van der Waals surface area contributed by atoms with Gasteiger partial charge in [0.15, 0.2) is 0 Å². The zero-order valence-electron chi connectivity index (χ0n) is 8.32. The summed E-state index contributed by atoms with van der Waals surface area (Å²) in [7, 11) is 1.54. The Morgan fingerprint density at radius 2 is 2.14 bits per heavy atom. The molecule has 1 aromatic carbocycles. The van der Waals surface area contributed by atoms with Crippen molar-refractivity contribution in [1.29, 1.82) is 0 Å².